The topological polar surface area (TPSA) is 87.8 Å². The van der Waals surface area contributed by atoms with Crippen LogP contribution >= 0.6 is 0 Å². The third-order valence-corrected chi connectivity index (χ3v) is 6.12. The fourth-order valence-corrected chi connectivity index (χ4v) is 4.45. The molecule has 0 aliphatic carbocycles. The maximum absolute atomic E-state index is 15.4. The molecule has 0 aliphatic heterocycles. The lowest BCUT2D eigenvalue weighted by Gasteiger charge is -2.16. The molecule has 0 spiro atoms. The molecule has 0 amide bonds. The Bertz CT molecular complexity index is 1720. The van der Waals surface area contributed by atoms with Crippen molar-refractivity contribution in [3.05, 3.63) is 71.4 Å². The minimum Gasteiger partial charge on any atom is -0.496 e. The zero-order valence-electron chi connectivity index (χ0n) is 21.0. The Labute approximate surface area is 213 Å². The highest BCUT2D eigenvalue weighted by Crippen LogP contribution is 2.45. The van der Waals surface area contributed by atoms with E-state index < -0.39 is 5.82 Å². The van der Waals surface area contributed by atoms with Crippen LogP contribution in [0.25, 0.3) is 33.4 Å². The molecule has 37 heavy (non-hydrogen) atoms. The highest BCUT2D eigenvalue weighted by molar-refractivity contribution is 6.05. The molecule has 0 atom stereocenters. The van der Waals surface area contributed by atoms with Crippen LogP contribution in [0.15, 0.2) is 42.9 Å². The number of aromatic nitrogens is 6. The van der Waals surface area contributed by atoms with Crippen LogP contribution in [0.2, 0.25) is 0 Å². The molecular weight excluding hydrogens is 471 g/mol. The molecule has 0 bridgehead atoms. The molecule has 4 heterocycles. The largest absolute Gasteiger partial charge is 0.496 e. The third kappa shape index (κ3) is 4.12. The first-order chi connectivity index (χ1) is 17.8. The van der Waals surface area contributed by atoms with Crippen molar-refractivity contribution in [2.45, 2.75) is 20.8 Å². The molecule has 5 rings (SSSR count). The maximum Gasteiger partial charge on any atom is 0.322 e. The van der Waals surface area contributed by atoms with Gasteiger partial charge in [-0.15, -0.1) is 6.42 Å². The first-order valence-corrected chi connectivity index (χ1v) is 11.4. The number of hydrogen-bond acceptors (Lipinski definition) is 7. The van der Waals surface area contributed by atoms with Gasteiger partial charge in [-0.1, -0.05) is 12.0 Å². The second-order valence-electron chi connectivity index (χ2n) is 8.48. The third-order valence-electron chi connectivity index (χ3n) is 6.12. The van der Waals surface area contributed by atoms with Crippen molar-refractivity contribution in [2.24, 2.45) is 7.05 Å². The van der Waals surface area contributed by atoms with Gasteiger partial charge >= 0.3 is 6.01 Å². The summed E-state index contributed by atoms with van der Waals surface area (Å²) in [6, 6.07) is 8.27. The fourth-order valence-electron chi connectivity index (χ4n) is 4.45. The standard InChI is InChI=1S/C28H23FN6O2/c1-7-19-13-22(36-6)23(17(4)34-19)26-25(24-16(3)31-14-32-27(24)35(26)5)18-8-9-21(20(29)12-18)37-28-30-11-10-15(2)33-28/h1,8-14H,2-6H3. The minimum atomic E-state index is -0.565. The number of methoxy groups -OCH3 is 1. The fraction of sp³-hybridized carbons (Fsp3) is 0.179. The Morgan fingerprint density at radius 2 is 1.76 bits per heavy atom. The van der Waals surface area contributed by atoms with Gasteiger partial charge in [0.25, 0.3) is 0 Å². The number of nitrogens with zero attached hydrogens (tertiary/aromatic N) is 6. The molecule has 1 aromatic carbocycles. The van der Waals surface area contributed by atoms with Gasteiger partial charge in [-0.05, 0) is 44.5 Å². The molecule has 184 valence electrons. The molecule has 0 unspecified atom stereocenters. The van der Waals surface area contributed by atoms with Crippen LogP contribution in [0.3, 0.4) is 0 Å². The molecular formula is C28H23FN6O2. The number of rotatable bonds is 5. The summed E-state index contributed by atoms with van der Waals surface area (Å²) in [4.78, 5) is 21.7. The van der Waals surface area contributed by atoms with Gasteiger partial charge in [0.15, 0.2) is 11.6 Å². The van der Waals surface area contributed by atoms with Crippen molar-refractivity contribution in [3.63, 3.8) is 0 Å². The number of aryl methyl sites for hydroxylation is 4. The van der Waals surface area contributed by atoms with Crippen LogP contribution in [0.4, 0.5) is 4.39 Å². The van der Waals surface area contributed by atoms with Gasteiger partial charge in [0.2, 0.25) is 0 Å². The number of hydrogen-bond donors (Lipinski definition) is 0. The van der Waals surface area contributed by atoms with Crippen LogP contribution in [-0.2, 0) is 7.05 Å². The summed E-state index contributed by atoms with van der Waals surface area (Å²) >= 11 is 0. The zero-order chi connectivity index (χ0) is 26.3. The lowest BCUT2D eigenvalue weighted by molar-refractivity contribution is 0.410. The van der Waals surface area contributed by atoms with Crippen LogP contribution in [0.5, 0.6) is 17.5 Å². The molecule has 0 N–H and O–H groups in total. The Kier molecular flexibility index (Phi) is 6.01. The van der Waals surface area contributed by atoms with E-state index in [1.165, 1.54) is 12.4 Å². The number of pyridine rings is 1. The highest BCUT2D eigenvalue weighted by atomic mass is 19.1. The highest BCUT2D eigenvalue weighted by Gasteiger charge is 2.26. The van der Waals surface area contributed by atoms with Crippen LogP contribution in [-0.4, -0.2) is 36.6 Å². The second-order valence-corrected chi connectivity index (χ2v) is 8.48. The van der Waals surface area contributed by atoms with Gasteiger partial charge in [0.05, 0.1) is 29.8 Å². The van der Waals surface area contributed by atoms with Crippen LogP contribution in [0.1, 0.15) is 22.8 Å². The van der Waals surface area contributed by atoms with E-state index in [0.717, 1.165) is 27.9 Å². The summed E-state index contributed by atoms with van der Waals surface area (Å²) in [5.41, 5.74) is 6.11. The number of ether oxygens (including phenoxy) is 2. The first-order valence-electron chi connectivity index (χ1n) is 11.4. The predicted molar refractivity (Wildman–Crippen MR) is 138 cm³/mol. The van der Waals surface area contributed by atoms with Crippen LogP contribution < -0.4 is 9.47 Å². The van der Waals surface area contributed by atoms with Crippen molar-refractivity contribution in [2.75, 3.05) is 7.11 Å². The summed E-state index contributed by atoms with van der Waals surface area (Å²) in [5.74, 6) is 2.56. The molecule has 5 aromatic rings. The Morgan fingerprint density at radius 3 is 2.46 bits per heavy atom. The lowest BCUT2D eigenvalue weighted by Crippen LogP contribution is -2.02. The summed E-state index contributed by atoms with van der Waals surface area (Å²) in [6.07, 6.45) is 8.67. The van der Waals surface area contributed by atoms with Crippen molar-refractivity contribution >= 4 is 11.0 Å². The Morgan fingerprint density at radius 1 is 0.946 bits per heavy atom. The lowest BCUT2D eigenvalue weighted by atomic mass is 9.96. The van der Waals surface area contributed by atoms with E-state index in [9.17, 15) is 0 Å². The molecule has 9 heteroatoms. The quantitative estimate of drug-likeness (QED) is 0.305. The van der Waals surface area contributed by atoms with Gasteiger partial charge in [0.1, 0.15) is 23.4 Å². The molecule has 8 nitrogen and oxygen atoms in total. The predicted octanol–water partition coefficient (Wildman–Crippen LogP) is 5.33. The van der Waals surface area contributed by atoms with Gasteiger partial charge in [-0.2, -0.15) is 0 Å². The van der Waals surface area contributed by atoms with E-state index in [1.807, 2.05) is 32.4 Å². The molecule has 0 saturated heterocycles. The summed E-state index contributed by atoms with van der Waals surface area (Å²) in [6.45, 7) is 5.56. The van der Waals surface area contributed by atoms with E-state index in [2.05, 4.69) is 30.8 Å². The minimum absolute atomic E-state index is 0.0120. The Hall–Kier alpha value is -4.84. The van der Waals surface area contributed by atoms with Gasteiger partial charge in [-0.3, -0.25) is 0 Å². The molecule has 0 fully saturated rings. The first kappa shape index (κ1) is 23.9. The number of benzene rings is 1. The van der Waals surface area contributed by atoms with E-state index in [0.29, 0.717) is 34.0 Å². The monoisotopic (exact) mass is 494 g/mol. The summed E-state index contributed by atoms with van der Waals surface area (Å²) in [7, 11) is 3.47. The second kappa shape index (κ2) is 9.32. The average Bonchev–Trinajstić information content (AvgIpc) is 3.17. The average molecular weight is 495 g/mol. The number of fused-ring (bicyclic) bond motifs is 1. The smallest absolute Gasteiger partial charge is 0.322 e. The SMILES string of the molecule is C#Cc1cc(OC)c(-c2c(-c3ccc(Oc4nccc(C)n4)c(F)c3)c3c(C)ncnc3n2C)c(C)n1. The van der Waals surface area contributed by atoms with E-state index >= 15 is 4.39 Å². The van der Waals surface area contributed by atoms with Gasteiger partial charge in [-0.25, -0.2) is 29.3 Å². The number of halogens is 1. The normalized spacial score (nSPS) is 10.9. The van der Waals surface area contributed by atoms with Crippen molar-refractivity contribution < 1.29 is 13.9 Å². The zero-order valence-corrected chi connectivity index (χ0v) is 21.0. The molecule has 0 radical (unpaired) electrons. The van der Waals surface area contributed by atoms with Gasteiger partial charge < -0.3 is 14.0 Å². The van der Waals surface area contributed by atoms with E-state index in [-0.39, 0.29) is 11.8 Å². The van der Waals surface area contributed by atoms with E-state index in [4.69, 9.17) is 15.9 Å². The van der Waals surface area contributed by atoms with Gasteiger partial charge in [0, 0.05) is 36.0 Å². The number of terminal acetylenes is 1. The maximum atomic E-state index is 15.4. The van der Waals surface area contributed by atoms with Crippen molar-refractivity contribution in [1.29, 1.82) is 0 Å². The molecule has 4 aromatic heterocycles. The summed E-state index contributed by atoms with van der Waals surface area (Å²) in [5, 5.41) is 0.789. The van der Waals surface area contributed by atoms with Crippen molar-refractivity contribution in [1.82, 2.24) is 29.5 Å². The Balaban J connectivity index is 1.76. The summed E-state index contributed by atoms with van der Waals surface area (Å²) < 4.78 is 28.7. The molecule has 0 saturated carbocycles. The van der Waals surface area contributed by atoms with E-state index in [1.54, 1.807) is 37.6 Å². The van der Waals surface area contributed by atoms with Crippen molar-refractivity contribution in [3.8, 4) is 52.2 Å². The van der Waals surface area contributed by atoms with Crippen LogP contribution in [0, 0.1) is 38.9 Å². The molecule has 0 aliphatic rings.